The quantitative estimate of drug-likeness (QED) is 0.115. The van der Waals surface area contributed by atoms with Crippen molar-refractivity contribution in [3.63, 3.8) is 0 Å². The molecule has 0 aromatic rings. The van der Waals surface area contributed by atoms with Gasteiger partial charge in [0.25, 0.3) is 0 Å². The first-order chi connectivity index (χ1) is 14.5. The van der Waals surface area contributed by atoms with Crippen LogP contribution in [0.1, 0.15) is 124 Å². The first-order valence-corrected chi connectivity index (χ1v) is 12.5. The Labute approximate surface area is 186 Å². The lowest BCUT2D eigenvalue weighted by Crippen LogP contribution is -2.19. The number of hydrogen-bond donors (Lipinski definition) is 0. The maximum atomic E-state index is 11.6. The molecule has 176 valence electrons. The molecule has 0 fully saturated rings. The fraction of sp³-hybridized carbons (Fsp3) is 0.846. The van der Waals surface area contributed by atoms with Crippen LogP contribution in [0.15, 0.2) is 12.2 Å². The summed E-state index contributed by atoms with van der Waals surface area (Å²) in [6.45, 7) is 8.48. The molecule has 0 aromatic heterocycles. The van der Waals surface area contributed by atoms with Crippen molar-refractivity contribution in [2.24, 2.45) is 5.92 Å². The van der Waals surface area contributed by atoms with Gasteiger partial charge in [0.2, 0.25) is 0 Å². The molecule has 0 bridgehead atoms. The summed E-state index contributed by atoms with van der Waals surface area (Å²) in [6.07, 6.45) is 21.8. The van der Waals surface area contributed by atoms with Gasteiger partial charge in [-0.1, -0.05) is 111 Å². The van der Waals surface area contributed by atoms with Gasteiger partial charge in [0.15, 0.2) is 0 Å². The molecule has 0 heterocycles. The average molecular weight is 425 g/mol. The van der Waals surface area contributed by atoms with Crippen molar-refractivity contribution < 1.29 is 19.1 Å². The molecule has 0 aliphatic carbocycles. The van der Waals surface area contributed by atoms with Gasteiger partial charge in [-0.05, 0) is 19.3 Å². The summed E-state index contributed by atoms with van der Waals surface area (Å²) in [6, 6.07) is 0. The van der Waals surface area contributed by atoms with E-state index in [0.29, 0.717) is 6.61 Å². The van der Waals surface area contributed by atoms with Gasteiger partial charge < -0.3 is 9.47 Å². The third kappa shape index (κ3) is 20.0. The smallest absolute Gasteiger partial charge is 0.331 e. The summed E-state index contributed by atoms with van der Waals surface area (Å²) in [7, 11) is 0. The van der Waals surface area contributed by atoms with Crippen LogP contribution in [0.2, 0.25) is 0 Å². The van der Waals surface area contributed by atoms with Gasteiger partial charge in [0, 0.05) is 12.2 Å². The fourth-order valence-electron chi connectivity index (χ4n) is 3.19. The van der Waals surface area contributed by atoms with Crippen molar-refractivity contribution in [3.8, 4) is 0 Å². The Bertz CT molecular complexity index is 442. The lowest BCUT2D eigenvalue weighted by atomic mass is 10.0. The maximum Gasteiger partial charge on any atom is 0.331 e. The second kappa shape index (κ2) is 20.9. The molecule has 0 spiro atoms. The van der Waals surface area contributed by atoms with E-state index in [1.807, 2.05) is 20.8 Å². The number of rotatable bonds is 20. The van der Waals surface area contributed by atoms with Crippen LogP contribution in [0.3, 0.4) is 0 Å². The molecule has 0 amide bonds. The van der Waals surface area contributed by atoms with Gasteiger partial charge in [0.1, 0.15) is 6.10 Å². The highest BCUT2D eigenvalue weighted by atomic mass is 16.5. The van der Waals surface area contributed by atoms with Crippen LogP contribution in [0.4, 0.5) is 0 Å². The summed E-state index contributed by atoms with van der Waals surface area (Å²) in [4.78, 5) is 23.2. The number of hydrogen-bond acceptors (Lipinski definition) is 4. The van der Waals surface area contributed by atoms with Crippen LogP contribution >= 0.6 is 0 Å². The van der Waals surface area contributed by atoms with E-state index in [-0.39, 0.29) is 12.0 Å². The zero-order valence-electron chi connectivity index (χ0n) is 20.3. The average Bonchev–Trinajstić information content (AvgIpc) is 2.71. The van der Waals surface area contributed by atoms with E-state index >= 15 is 0 Å². The van der Waals surface area contributed by atoms with Crippen molar-refractivity contribution in [1.29, 1.82) is 0 Å². The first kappa shape index (κ1) is 28.7. The number of carbonyl (C=O) groups excluding carboxylic acids is 2. The lowest BCUT2D eigenvalue weighted by Gasteiger charge is -2.14. The molecule has 0 rings (SSSR count). The van der Waals surface area contributed by atoms with Gasteiger partial charge in [0.05, 0.1) is 6.61 Å². The monoisotopic (exact) mass is 424 g/mol. The Morgan fingerprint density at radius 1 is 0.633 bits per heavy atom. The van der Waals surface area contributed by atoms with Gasteiger partial charge in [-0.15, -0.1) is 0 Å². The van der Waals surface area contributed by atoms with Crippen LogP contribution in [0, 0.1) is 5.92 Å². The molecule has 0 saturated carbocycles. The maximum absolute atomic E-state index is 11.6. The minimum atomic E-state index is -0.500. The van der Waals surface area contributed by atoms with Crippen molar-refractivity contribution in [2.75, 3.05) is 6.61 Å². The van der Waals surface area contributed by atoms with Crippen LogP contribution in [0.5, 0.6) is 0 Å². The molecular weight excluding hydrogens is 376 g/mol. The Balaban J connectivity index is 3.38. The molecule has 0 aliphatic heterocycles. The number of ether oxygens (including phenoxy) is 2. The predicted octanol–water partition coefficient (Wildman–Crippen LogP) is 7.54. The molecule has 0 N–H and O–H groups in total. The van der Waals surface area contributed by atoms with E-state index in [0.717, 1.165) is 25.0 Å². The number of esters is 2. The highest BCUT2D eigenvalue weighted by Gasteiger charge is 2.11. The molecule has 0 radical (unpaired) electrons. The number of unbranched alkanes of at least 4 members (excludes halogenated alkanes) is 14. The molecule has 0 aliphatic rings. The zero-order valence-corrected chi connectivity index (χ0v) is 20.3. The predicted molar refractivity (Wildman–Crippen MR) is 125 cm³/mol. The molecule has 0 saturated heterocycles. The van der Waals surface area contributed by atoms with Gasteiger partial charge in [-0.25, -0.2) is 9.59 Å². The van der Waals surface area contributed by atoms with Crippen LogP contribution < -0.4 is 0 Å². The Kier molecular flexibility index (Phi) is 20.0. The summed E-state index contributed by atoms with van der Waals surface area (Å²) in [5, 5.41) is 0. The van der Waals surface area contributed by atoms with E-state index in [1.54, 1.807) is 0 Å². The summed E-state index contributed by atoms with van der Waals surface area (Å²) in [5.41, 5.74) is 0. The first-order valence-electron chi connectivity index (χ1n) is 12.5. The molecule has 4 heteroatoms. The minimum absolute atomic E-state index is 0.168. The lowest BCUT2D eigenvalue weighted by molar-refractivity contribution is -0.145. The van der Waals surface area contributed by atoms with E-state index in [1.165, 1.54) is 83.5 Å². The van der Waals surface area contributed by atoms with E-state index in [2.05, 4.69) is 6.92 Å². The molecule has 4 nitrogen and oxygen atoms in total. The normalized spacial score (nSPS) is 12.4. The SMILES string of the molecule is CCCCCCCCCCCCCCCCCOC(=O)/C=C/C(=O)OC(C)C(C)C. The van der Waals surface area contributed by atoms with Gasteiger partial charge in [-0.3, -0.25) is 0 Å². The number of carbonyl (C=O) groups is 2. The van der Waals surface area contributed by atoms with Crippen LogP contribution in [-0.4, -0.2) is 24.6 Å². The Hall–Kier alpha value is -1.32. The van der Waals surface area contributed by atoms with Crippen molar-refractivity contribution >= 4 is 11.9 Å². The van der Waals surface area contributed by atoms with Crippen LogP contribution in [-0.2, 0) is 19.1 Å². The van der Waals surface area contributed by atoms with Gasteiger partial charge in [-0.2, -0.15) is 0 Å². The van der Waals surface area contributed by atoms with Crippen LogP contribution in [0.25, 0.3) is 0 Å². The third-order valence-corrected chi connectivity index (χ3v) is 5.59. The highest BCUT2D eigenvalue weighted by Crippen LogP contribution is 2.13. The fourth-order valence-corrected chi connectivity index (χ4v) is 3.19. The molecular formula is C26H48O4. The van der Waals surface area contributed by atoms with Gasteiger partial charge >= 0.3 is 11.9 Å². The largest absolute Gasteiger partial charge is 0.463 e. The molecule has 0 aromatic carbocycles. The third-order valence-electron chi connectivity index (χ3n) is 5.59. The van der Waals surface area contributed by atoms with Crippen molar-refractivity contribution in [3.05, 3.63) is 12.2 Å². The summed E-state index contributed by atoms with van der Waals surface area (Å²) < 4.78 is 10.3. The van der Waals surface area contributed by atoms with E-state index in [4.69, 9.17) is 9.47 Å². The zero-order chi connectivity index (χ0) is 22.5. The molecule has 30 heavy (non-hydrogen) atoms. The summed E-state index contributed by atoms with van der Waals surface area (Å²) >= 11 is 0. The van der Waals surface area contributed by atoms with Crippen molar-refractivity contribution in [2.45, 2.75) is 130 Å². The molecule has 1 unspecified atom stereocenters. The van der Waals surface area contributed by atoms with E-state index < -0.39 is 11.9 Å². The van der Waals surface area contributed by atoms with E-state index in [9.17, 15) is 9.59 Å². The standard InChI is InChI=1S/C26H48O4/c1-5-6-7-8-9-10-11-12-13-14-15-16-17-18-19-22-29-25(27)20-21-26(28)30-24(4)23(2)3/h20-21,23-24H,5-19,22H2,1-4H3/b21-20+. The minimum Gasteiger partial charge on any atom is -0.463 e. The second-order valence-corrected chi connectivity index (χ2v) is 8.84. The molecule has 1 atom stereocenters. The Morgan fingerprint density at radius 2 is 1.03 bits per heavy atom. The topological polar surface area (TPSA) is 52.6 Å². The second-order valence-electron chi connectivity index (χ2n) is 8.84. The highest BCUT2D eigenvalue weighted by molar-refractivity contribution is 5.91. The Morgan fingerprint density at radius 3 is 1.47 bits per heavy atom. The van der Waals surface area contributed by atoms with Crippen molar-refractivity contribution in [1.82, 2.24) is 0 Å². The summed E-state index contributed by atoms with van der Waals surface area (Å²) in [5.74, 6) is -0.728.